The Balaban J connectivity index is 2.99. The maximum absolute atomic E-state index is 11.6. The predicted octanol–water partition coefficient (Wildman–Crippen LogP) is 1.90. The Hall–Kier alpha value is -0.790. The summed E-state index contributed by atoms with van der Waals surface area (Å²) in [4.78, 5) is 11.6. The molecule has 1 aromatic heterocycles. The number of nitrogens with zero attached hydrogens (tertiary/aromatic N) is 2. The van der Waals surface area contributed by atoms with Gasteiger partial charge in [0.15, 0.2) is 5.69 Å². The molecule has 0 aliphatic carbocycles. The zero-order chi connectivity index (χ0) is 12.3. The van der Waals surface area contributed by atoms with E-state index >= 15 is 0 Å². The molecule has 1 heterocycles. The van der Waals surface area contributed by atoms with E-state index in [-0.39, 0.29) is 0 Å². The quantitative estimate of drug-likeness (QED) is 0.673. The first-order chi connectivity index (χ1) is 7.47. The number of hydrogen-bond donors (Lipinski definition) is 1. The minimum atomic E-state index is -0.416. The Labute approximate surface area is 108 Å². The van der Waals surface area contributed by atoms with Crippen LogP contribution >= 0.6 is 22.6 Å². The summed E-state index contributed by atoms with van der Waals surface area (Å²) in [6, 6.07) is 0. The summed E-state index contributed by atoms with van der Waals surface area (Å²) in [5, 5.41) is 4.18. The van der Waals surface area contributed by atoms with E-state index in [1.165, 1.54) is 0 Å². The van der Waals surface area contributed by atoms with Gasteiger partial charge in [0.2, 0.25) is 0 Å². The highest BCUT2D eigenvalue weighted by Gasteiger charge is 2.20. The number of esters is 1. The standard InChI is InChI=1S/C10H16IN3O2/c1-4-16-10(15)8-7(11)9(12)14(13-8)5-6(2)3/h6H,4-5,12H2,1-3H3. The maximum Gasteiger partial charge on any atom is 0.360 e. The molecule has 1 rings (SSSR count). The molecule has 0 aliphatic rings. The van der Waals surface area contributed by atoms with Gasteiger partial charge in [-0.3, -0.25) is 0 Å². The number of ether oxygens (including phenoxy) is 1. The van der Waals surface area contributed by atoms with Gasteiger partial charge in [-0.1, -0.05) is 13.8 Å². The molecule has 6 heteroatoms. The van der Waals surface area contributed by atoms with Crippen LogP contribution in [0.15, 0.2) is 0 Å². The largest absolute Gasteiger partial charge is 0.461 e. The van der Waals surface area contributed by atoms with Crippen LogP contribution in [0.2, 0.25) is 0 Å². The first-order valence-corrected chi connectivity index (χ1v) is 6.24. The Bertz CT molecular complexity index is 388. The highest BCUT2D eigenvalue weighted by atomic mass is 127. The van der Waals surface area contributed by atoms with Crippen molar-refractivity contribution in [1.29, 1.82) is 0 Å². The summed E-state index contributed by atoms with van der Waals surface area (Å²) in [5.74, 6) is 0.534. The maximum atomic E-state index is 11.6. The minimum absolute atomic E-state index is 0.306. The Morgan fingerprint density at radius 1 is 1.62 bits per heavy atom. The number of aromatic nitrogens is 2. The lowest BCUT2D eigenvalue weighted by atomic mass is 10.2. The van der Waals surface area contributed by atoms with Crippen molar-refractivity contribution in [2.75, 3.05) is 12.3 Å². The molecule has 0 saturated carbocycles. The van der Waals surface area contributed by atoms with E-state index in [2.05, 4.69) is 18.9 Å². The van der Waals surface area contributed by atoms with Crippen LogP contribution in [0.1, 0.15) is 31.3 Å². The van der Waals surface area contributed by atoms with Crippen molar-refractivity contribution in [2.24, 2.45) is 5.92 Å². The van der Waals surface area contributed by atoms with E-state index in [0.29, 0.717) is 34.2 Å². The first-order valence-electron chi connectivity index (χ1n) is 5.16. The molecule has 16 heavy (non-hydrogen) atoms. The number of nitrogen functional groups attached to an aromatic ring is 1. The highest BCUT2D eigenvalue weighted by Crippen LogP contribution is 2.21. The average Bonchev–Trinajstić information content (AvgIpc) is 2.46. The second-order valence-corrected chi connectivity index (χ2v) is 4.92. The molecule has 1 aromatic rings. The lowest BCUT2D eigenvalue weighted by Gasteiger charge is -2.06. The molecule has 90 valence electrons. The molecule has 0 bridgehead atoms. The number of anilines is 1. The third kappa shape index (κ3) is 2.87. The Morgan fingerprint density at radius 3 is 2.75 bits per heavy atom. The van der Waals surface area contributed by atoms with Gasteiger partial charge in [-0.15, -0.1) is 0 Å². The van der Waals surface area contributed by atoms with Gasteiger partial charge in [0.25, 0.3) is 0 Å². The minimum Gasteiger partial charge on any atom is -0.461 e. The molecular formula is C10H16IN3O2. The SMILES string of the molecule is CCOC(=O)c1nn(CC(C)C)c(N)c1I. The molecule has 0 spiro atoms. The molecule has 2 N–H and O–H groups in total. The molecule has 0 fully saturated rings. The van der Waals surface area contributed by atoms with E-state index in [1.807, 2.05) is 22.6 Å². The van der Waals surface area contributed by atoms with Crippen LogP contribution in [-0.2, 0) is 11.3 Å². The molecule has 0 atom stereocenters. The monoisotopic (exact) mass is 337 g/mol. The van der Waals surface area contributed by atoms with Crippen LogP contribution < -0.4 is 5.73 Å². The lowest BCUT2D eigenvalue weighted by Crippen LogP contribution is -2.11. The predicted molar refractivity (Wildman–Crippen MR) is 70.2 cm³/mol. The molecule has 0 aromatic carbocycles. The van der Waals surface area contributed by atoms with Gasteiger partial charge in [0.1, 0.15) is 5.82 Å². The number of carbonyl (C=O) groups excluding carboxylic acids is 1. The summed E-state index contributed by atoms with van der Waals surface area (Å²) >= 11 is 2.02. The van der Waals surface area contributed by atoms with Crippen molar-refractivity contribution in [2.45, 2.75) is 27.3 Å². The highest BCUT2D eigenvalue weighted by molar-refractivity contribution is 14.1. The number of carbonyl (C=O) groups is 1. The van der Waals surface area contributed by atoms with Gasteiger partial charge in [-0.05, 0) is 35.4 Å². The third-order valence-electron chi connectivity index (χ3n) is 1.94. The molecule has 0 unspecified atom stereocenters. The summed E-state index contributed by atoms with van der Waals surface area (Å²) < 4.78 is 7.22. The molecule has 0 aliphatic heterocycles. The van der Waals surface area contributed by atoms with Crippen LogP contribution in [-0.4, -0.2) is 22.4 Å². The van der Waals surface area contributed by atoms with E-state index in [4.69, 9.17) is 10.5 Å². The van der Waals surface area contributed by atoms with Crippen LogP contribution in [0.4, 0.5) is 5.82 Å². The first kappa shape index (κ1) is 13.3. The van der Waals surface area contributed by atoms with Crippen molar-refractivity contribution < 1.29 is 9.53 Å². The van der Waals surface area contributed by atoms with Gasteiger partial charge in [-0.2, -0.15) is 5.10 Å². The van der Waals surface area contributed by atoms with Crippen molar-refractivity contribution in [3.63, 3.8) is 0 Å². The van der Waals surface area contributed by atoms with Crippen molar-refractivity contribution in [3.8, 4) is 0 Å². The third-order valence-corrected chi connectivity index (χ3v) is 3.00. The molecule has 0 saturated heterocycles. The van der Waals surface area contributed by atoms with Gasteiger partial charge in [0, 0.05) is 6.54 Å². The summed E-state index contributed by atoms with van der Waals surface area (Å²) in [6.45, 7) is 6.93. The second kappa shape index (κ2) is 5.51. The van der Waals surface area contributed by atoms with E-state index in [9.17, 15) is 4.79 Å². The summed E-state index contributed by atoms with van der Waals surface area (Å²) in [7, 11) is 0. The topological polar surface area (TPSA) is 70.1 Å². The Kier molecular flexibility index (Phi) is 4.57. The fourth-order valence-electron chi connectivity index (χ4n) is 1.27. The van der Waals surface area contributed by atoms with Crippen LogP contribution in [0.25, 0.3) is 0 Å². The zero-order valence-electron chi connectivity index (χ0n) is 9.66. The normalized spacial score (nSPS) is 10.8. The lowest BCUT2D eigenvalue weighted by molar-refractivity contribution is 0.0517. The van der Waals surface area contributed by atoms with Gasteiger partial charge < -0.3 is 10.5 Å². The molecule has 0 amide bonds. The van der Waals surface area contributed by atoms with E-state index < -0.39 is 5.97 Å². The van der Waals surface area contributed by atoms with Crippen molar-refractivity contribution in [3.05, 3.63) is 9.26 Å². The number of halogens is 1. The summed E-state index contributed by atoms with van der Waals surface area (Å²) in [6.07, 6.45) is 0. The number of rotatable bonds is 4. The van der Waals surface area contributed by atoms with Gasteiger partial charge in [0.05, 0.1) is 10.2 Å². The number of nitrogens with two attached hydrogens (primary N) is 1. The molecular weight excluding hydrogens is 321 g/mol. The molecule has 5 nitrogen and oxygen atoms in total. The smallest absolute Gasteiger partial charge is 0.360 e. The second-order valence-electron chi connectivity index (χ2n) is 3.84. The van der Waals surface area contributed by atoms with Gasteiger partial charge in [-0.25, -0.2) is 9.48 Å². The average molecular weight is 337 g/mol. The fourth-order valence-corrected chi connectivity index (χ4v) is 1.87. The molecule has 0 radical (unpaired) electrons. The van der Waals surface area contributed by atoms with Crippen LogP contribution in [0.3, 0.4) is 0 Å². The van der Waals surface area contributed by atoms with Crippen molar-refractivity contribution >= 4 is 34.4 Å². The summed E-state index contributed by atoms with van der Waals surface area (Å²) in [5.41, 5.74) is 6.18. The van der Waals surface area contributed by atoms with Crippen LogP contribution in [0, 0.1) is 9.49 Å². The van der Waals surface area contributed by atoms with Crippen molar-refractivity contribution in [1.82, 2.24) is 9.78 Å². The zero-order valence-corrected chi connectivity index (χ0v) is 11.8. The van der Waals surface area contributed by atoms with Crippen LogP contribution in [0.5, 0.6) is 0 Å². The Morgan fingerprint density at radius 2 is 2.25 bits per heavy atom. The van der Waals surface area contributed by atoms with E-state index in [1.54, 1.807) is 11.6 Å². The van der Waals surface area contributed by atoms with E-state index in [0.717, 1.165) is 0 Å². The number of hydrogen-bond acceptors (Lipinski definition) is 4. The van der Waals surface area contributed by atoms with Gasteiger partial charge >= 0.3 is 5.97 Å². The fraction of sp³-hybridized carbons (Fsp3) is 0.600.